The number of halogens is 1. The van der Waals surface area contributed by atoms with Gasteiger partial charge in [-0.2, -0.15) is 20.1 Å². The third-order valence-electron chi connectivity index (χ3n) is 2.74. The van der Waals surface area contributed by atoms with Gasteiger partial charge in [-0.1, -0.05) is 0 Å². The Morgan fingerprint density at radius 2 is 1.90 bits per heavy atom. The van der Waals surface area contributed by atoms with Gasteiger partial charge in [-0.15, -0.1) is 0 Å². The van der Waals surface area contributed by atoms with E-state index in [9.17, 15) is 0 Å². The summed E-state index contributed by atoms with van der Waals surface area (Å²) in [5.41, 5.74) is 1.86. The molecule has 0 aliphatic heterocycles. The summed E-state index contributed by atoms with van der Waals surface area (Å²) in [6.45, 7) is 6.65. The van der Waals surface area contributed by atoms with Crippen molar-refractivity contribution in [1.29, 1.82) is 0 Å². The zero-order chi connectivity index (χ0) is 14.9. The Hall–Kier alpha value is -1.70. The average molecular weight is 340 g/mol. The molecule has 2 aromatic rings. The number of aryl methyl sites for hydroxylation is 1. The largest absolute Gasteiger partial charge is 0.354 e. The topological polar surface area (TPSA) is 71.8 Å². The van der Waals surface area contributed by atoms with E-state index in [4.69, 9.17) is 0 Å². The third kappa shape index (κ3) is 2.74. The number of nitrogens with zero attached hydrogens (tertiary/aromatic N) is 6. The van der Waals surface area contributed by atoms with Gasteiger partial charge < -0.3 is 10.2 Å². The van der Waals surface area contributed by atoms with Crippen molar-refractivity contribution in [3.8, 4) is 5.95 Å². The van der Waals surface area contributed by atoms with Crippen molar-refractivity contribution in [2.75, 3.05) is 30.9 Å². The molecule has 0 unspecified atom stereocenters. The van der Waals surface area contributed by atoms with Crippen LogP contribution in [0.1, 0.15) is 18.3 Å². The van der Waals surface area contributed by atoms with Gasteiger partial charge in [-0.05, 0) is 36.7 Å². The van der Waals surface area contributed by atoms with E-state index in [0.29, 0.717) is 17.8 Å². The predicted molar refractivity (Wildman–Crippen MR) is 82.6 cm³/mol. The molecule has 2 heterocycles. The Labute approximate surface area is 126 Å². The smallest absolute Gasteiger partial charge is 0.257 e. The first-order chi connectivity index (χ1) is 9.43. The van der Waals surface area contributed by atoms with E-state index in [0.717, 1.165) is 22.4 Å². The standard InChI is InChI=1S/C12H18BrN7/c1-6-14-10-15-11(19(4)5)17-12(16-10)20-8(3)9(13)7(2)18-20/h6H2,1-5H3,(H,14,15,16,17). The monoisotopic (exact) mass is 339 g/mol. The summed E-state index contributed by atoms with van der Waals surface area (Å²) in [6, 6.07) is 0. The van der Waals surface area contributed by atoms with Gasteiger partial charge in [0.05, 0.1) is 15.9 Å². The fourth-order valence-electron chi connectivity index (χ4n) is 1.70. The van der Waals surface area contributed by atoms with Gasteiger partial charge in [0.15, 0.2) is 0 Å². The summed E-state index contributed by atoms with van der Waals surface area (Å²) >= 11 is 3.51. The van der Waals surface area contributed by atoms with E-state index >= 15 is 0 Å². The molecule has 0 saturated heterocycles. The highest BCUT2D eigenvalue weighted by Crippen LogP contribution is 2.22. The van der Waals surface area contributed by atoms with Gasteiger partial charge >= 0.3 is 0 Å². The molecule has 0 atom stereocenters. The van der Waals surface area contributed by atoms with E-state index in [-0.39, 0.29) is 0 Å². The van der Waals surface area contributed by atoms with Gasteiger partial charge in [0, 0.05) is 20.6 Å². The SMILES string of the molecule is CCNc1nc(N(C)C)nc(-n2nc(C)c(Br)c2C)n1. The van der Waals surface area contributed by atoms with Crippen molar-refractivity contribution in [3.05, 3.63) is 15.9 Å². The molecule has 1 N–H and O–H groups in total. The van der Waals surface area contributed by atoms with Crippen LogP contribution in [-0.2, 0) is 0 Å². The van der Waals surface area contributed by atoms with Crippen molar-refractivity contribution in [2.45, 2.75) is 20.8 Å². The maximum absolute atomic E-state index is 4.45. The van der Waals surface area contributed by atoms with Crippen LogP contribution in [0.4, 0.5) is 11.9 Å². The molecule has 0 aliphatic carbocycles. The van der Waals surface area contributed by atoms with Gasteiger partial charge in [0.25, 0.3) is 5.95 Å². The molecule has 2 aromatic heterocycles. The number of hydrogen-bond donors (Lipinski definition) is 1. The Morgan fingerprint density at radius 1 is 1.20 bits per heavy atom. The highest BCUT2D eigenvalue weighted by Gasteiger charge is 2.15. The summed E-state index contributed by atoms with van der Waals surface area (Å²) < 4.78 is 2.68. The zero-order valence-corrected chi connectivity index (χ0v) is 13.9. The first-order valence-electron chi connectivity index (χ1n) is 6.33. The van der Waals surface area contributed by atoms with Crippen LogP contribution in [0.2, 0.25) is 0 Å². The normalized spacial score (nSPS) is 10.7. The molecule has 7 nitrogen and oxygen atoms in total. The van der Waals surface area contributed by atoms with Crippen LogP contribution in [0.5, 0.6) is 0 Å². The lowest BCUT2D eigenvalue weighted by Crippen LogP contribution is -2.18. The Balaban J connectivity index is 2.57. The first-order valence-corrected chi connectivity index (χ1v) is 7.12. The molecule has 0 bridgehead atoms. The summed E-state index contributed by atoms with van der Waals surface area (Å²) in [5.74, 6) is 1.64. The molecule has 8 heteroatoms. The molecule has 2 rings (SSSR count). The second-order valence-electron chi connectivity index (χ2n) is 4.58. The molecule has 0 aliphatic rings. The van der Waals surface area contributed by atoms with Crippen molar-refractivity contribution in [2.24, 2.45) is 0 Å². The van der Waals surface area contributed by atoms with Crippen LogP contribution < -0.4 is 10.2 Å². The Bertz CT molecular complexity index is 621. The Kier molecular flexibility index (Phi) is 4.22. The van der Waals surface area contributed by atoms with Gasteiger partial charge in [0.1, 0.15) is 0 Å². The molecule has 0 amide bonds. The summed E-state index contributed by atoms with van der Waals surface area (Å²) in [7, 11) is 3.79. The van der Waals surface area contributed by atoms with Crippen LogP contribution in [0, 0.1) is 13.8 Å². The van der Waals surface area contributed by atoms with Crippen LogP contribution >= 0.6 is 15.9 Å². The van der Waals surface area contributed by atoms with Gasteiger partial charge in [-0.3, -0.25) is 0 Å². The fraction of sp³-hybridized carbons (Fsp3) is 0.500. The highest BCUT2D eigenvalue weighted by molar-refractivity contribution is 9.10. The van der Waals surface area contributed by atoms with Crippen LogP contribution in [0.15, 0.2) is 4.47 Å². The molecular weight excluding hydrogens is 322 g/mol. The van der Waals surface area contributed by atoms with Gasteiger partial charge in [0.2, 0.25) is 11.9 Å². The number of anilines is 2. The molecule has 0 fully saturated rings. The lowest BCUT2D eigenvalue weighted by atomic mass is 10.4. The quantitative estimate of drug-likeness (QED) is 0.917. The number of nitrogens with one attached hydrogen (secondary N) is 1. The second kappa shape index (κ2) is 5.74. The predicted octanol–water partition coefficient (Wildman–Crippen LogP) is 1.93. The van der Waals surface area contributed by atoms with E-state index < -0.39 is 0 Å². The van der Waals surface area contributed by atoms with Crippen LogP contribution in [-0.4, -0.2) is 45.4 Å². The fourth-order valence-corrected chi connectivity index (χ4v) is 1.95. The van der Waals surface area contributed by atoms with Crippen LogP contribution in [0.3, 0.4) is 0 Å². The zero-order valence-electron chi connectivity index (χ0n) is 12.3. The second-order valence-corrected chi connectivity index (χ2v) is 5.37. The number of hydrogen-bond acceptors (Lipinski definition) is 6. The van der Waals surface area contributed by atoms with Crippen LogP contribution in [0.25, 0.3) is 5.95 Å². The Morgan fingerprint density at radius 3 is 2.40 bits per heavy atom. The van der Waals surface area contributed by atoms with E-state index in [1.807, 2.05) is 39.8 Å². The average Bonchev–Trinajstić information content (AvgIpc) is 2.66. The summed E-state index contributed by atoms with van der Waals surface area (Å²) in [4.78, 5) is 15.0. The van der Waals surface area contributed by atoms with Gasteiger partial charge in [-0.25, -0.2) is 4.68 Å². The maximum Gasteiger partial charge on any atom is 0.257 e. The molecule has 20 heavy (non-hydrogen) atoms. The molecule has 0 aromatic carbocycles. The van der Waals surface area contributed by atoms with Crippen molar-refractivity contribution >= 4 is 27.8 Å². The number of rotatable bonds is 4. The molecule has 0 spiro atoms. The molecule has 0 radical (unpaired) electrons. The highest BCUT2D eigenvalue weighted by atomic mass is 79.9. The lowest BCUT2D eigenvalue weighted by Gasteiger charge is -2.13. The molecule has 108 valence electrons. The summed E-state index contributed by atoms with van der Waals surface area (Å²) in [5, 5.41) is 7.56. The van der Waals surface area contributed by atoms with E-state index in [1.165, 1.54) is 0 Å². The van der Waals surface area contributed by atoms with E-state index in [1.54, 1.807) is 4.68 Å². The molecule has 0 saturated carbocycles. The van der Waals surface area contributed by atoms with Crippen molar-refractivity contribution < 1.29 is 0 Å². The van der Waals surface area contributed by atoms with Crippen molar-refractivity contribution in [1.82, 2.24) is 24.7 Å². The van der Waals surface area contributed by atoms with Crippen molar-refractivity contribution in [3.63, 3.8) is 0 Å². The minimum Gasteiger partial charge on any atom is -0.354 e. The minimum absolute atomic E-state index is 0.506. The molecular formula is C12H18BrN7. The maximum atomic E-state index is 4.45. The van der Waals surface area contributed by atoms with E-state index in [2.05, 4.69) is 41.3 Å². The lowest BCUT2D eigenvalue weighted by molar-refractivity contribution is 0.760. The summed E-state index contributed by atoms with van der Waals surface area (Å²) in [6.07, 6.45) is 0. The first kappa shape index (κ1) is 14.7. The third-order valence-corrected chi connectivity index (χ3v) is 3.89. The minimum atomic E-state index is 0.506. The number of aromatic nitrogens is 5.